The summed E-state index contributed by atoms with van der Waals surface area (Å²) in [7, 11) is -3.30. The Morgan fingerprint density at radius 1 is 1.35 bits per heavy atom. The van der Waals surface area contributed by atoms with Crippen molar-refractivity contribution in [2.45, 2.75) is 25.3 Å². The van der Waals surface area contributed by atoms with Gasteiger partial charge in [0.05, 0.1) is 17.5 Å². The summed E-state index contributed by atoms with van der Waals surface area (Å²) >= 11 is 0. The number of dihydropyridines is 1. The number of sulfonamides is 1. The van der Waals surface area contributed by atoms with E-state index in [9.17, 15) is 8.42 Å². The van der Waals surface area contributed by atoms with Crippen molar-refractivity contribution in [3.05, 3.63) is 33.8 Å². The largest absolute Gasteiger partial charge is 0.284 e. The smallest absolute Gasteiger partial charge is 0.238 e. The van der Waals surface area contributed by atoms with Crippen LogP contribution >= 0.6 is 0 Å². The summed E-state index contributed by atoms with van der Waals surface area (Å²) in [5.41, 5.74) is 4.28. The quantitative estimate of drug-likeness (QED) is 0.696. The zero-order valence-corrected chi connectivity index (χ0v) is 10.0. The van der Waals surface area contributed by atoms with Crippen LogP contribution in [0.25, 0.3) is 0 Å². The zero-order chi connectivity index (χ0) is 11.6. The van der Waals surface area contributed by atoms with Crippen molar-refractivity contribution in [3.8, 4) is 0 Å². The van der Waals surface area contributed by atoms with Gasteiger partial charge in [0, 0.05) is 11.3 Å². The monoisotopic (exact) mass is 248 g/mol. The molecule has 4 aliphatic rings. The van der Waals surface area contributed by atoms with Gasteiger partial charge < -0.3 is 0 Å². The Hall–Kier alpha value is -1.20. The standard InChI is InChI=1S/C12H12N2O2S/c15-17(16)10-3-1-2-8-12(10)11-7(6-13-8)4-5-9(11)14-17/h4-5,9,14H,1-3,6H2. The van der Waals surface area contributed by atoms with Crippen molar-refractivity contribution in [2.75, 3.05) is 6.54 Å². The first-order chi connectivity index (χ1) is 8.17. The minimum Gasteiger partial charge on any atom is -0.284 e. The summed E-state index contributed by atoms with van der Waals surface area (Å²) in [5, 5.41) is 0. The van der Waals surface area contributed by atoms with E-state index in [1.165, 1.54) is 11.1 Å². The van der Waals surface area contributed by atoms with Gasteiger partial charge >= 0.3 is 0 Å². The van der Waals surface area contributed by atoms with Crippen molar-refractivity contribution in [2.24, 2.45) is 4.99 Å². The summed E-state index contributed by atoms with van der Waals surface area (Å²) in [5.74, 6) is 0. The lowest BCUT2D eigenvalue weighted by molar-refractivity contribution is 0.577. The topological polar surface area (TPSA) is 58.5 Å². The highest BCUT2D eigenvalue weighted by Crippen LogP contribution is 2.42. The molecule has 0 fully saturated rings. The van der Waals surface area contributed by atoms with Crippen molar-refractivity contribution in [1.82, 2.24) is 4.72 Å². The molecule has 0 saturated carbocycles. The molecular formula is C12H12N2O2S. The molecule has 17 heavy (non-hydrogen) atoms. The lowest BCUT2D eigenvalue weighted by Gasteiger charge is -2.34. The van der Waals surface area contributed by atoms with Gasteiger partial charge in [-0.25, -0.2) is 13.1 Å². The number of rotatable bonds is 0. The van der Waals surface area contributed by atoms with Gasteiger partial charge in [-0.1, -0.05) is 12.2 Å². The maximum atomic E-state index is 12.2. The van der Waals surface area contributed by atoms with E-state index in [4.69, 9.17) is 0 Å². The molecule has 0 radical (unpaired) electrons. The van der Waals surface area contributed by atoms with Crippen LogP contribution in [0.5, 0.6) is 0 Å². The van der Waals surface area contributed by atoms with Crippen LogP contribution in [-0.4, -0.2) is 26.7 Å². The van der Waals surface area contributed by atoms with E-state index in [1.807, 2.05) is 12.2 Å². The van der Waals surface area contributed by atoms with Gasteiger partial charge in [0.25, 0.3) is 0 Å². The van der Waals surface area contributed by atoms with Crippen LogP contribution in [0.1, 0.15) is 19.3 Å². The van der Waals surface area contributed by atoms with Crippen LogP contribution in [0.4, 0.5) is 0 Å². The third-order valence-corrected chi connectivity index (χ3v) is 5.47. The van der Waals surface area contributed by atoms with Crippen LogP contribution in [0, 0.1) is 0 Å². The average Bonchev–Trinajstić information content (AvgIpc) is 2.71. The first-order valence-corrected chi connectivity index (χ1v) is 7.36. The molecule has 0 spiro atoms. The number of nitrogens with zero attached hydrogens (tertiary/aromatic N) is 1. The van der Waals surface area contributed by atoms with Crippen molar-refractivity contribution in [1.29, 1.82) is 0 Å². The minimum atomic E-state index is -3.30. The molecule has 1 N–H and O–H groups in total. The summed E-state index contributed by atoms with van der Waals surface area (Å²) in [6.45, 7) is 0.705. The SMILES string of the molecule is O=S1(=O)NC2C=CC3=C2C2=C1CCCC2=NC3. The van der Waals surface area contributed by atoms with E-state index >= 15 is 0 Å². The van der Waals surface area contributed by atoms with E-state index in [0.717, 1.165) is 24.1 Å². The van der Waals surface area contributed by atoms with Gasteiger partial charge in [-0.15, -0.1) is 0 Å². The minimum absolute atomic E-state index is 0.155. The van der Waals surface area contributed by atoms with Gasteiger partial charge in [-0.3, -0.25) is 4.99 Å². The van der Waals surface area contributed by atoms with E-state index in [-0.39, 0.29) is 6.04 Å². The van der Waals surface area contributed by atoms with Crippen molar-refractivity contribution in [3.63, 3.8) is 0 Å². The predicted octanol–water partition coefficient (Wildman–Crippen LogP) is 1.05. The van der Waals surface area contributed by atoms with Crippen LogP contribution in [-0.2, 0) is 10.0 Å². The predicted molar refractivity (Wildman–Crippen MR) is 65.2 cm³/mol. The first kappa shape index (κ1) is 9.79. The third-order valence-electron chi connectivity index (χ3n) is 3.85. The number of aliphatic imine (C=N–C) groups is 1. The maximum absolute atomic E-state index is 12.2. The Labute approximate surface area is 99.9 Å². The Bertz CT molecular complexity index is 650. The van der Waals surface area contributed by atoms with Crippen LogP contribution in [0.3, 0.4) is 0 Å². The molecule has 5 heteroatoms. The molecule has 0 bridgehead atoms. The number of hydrogen-bond acceptors (Lipinski definition) is 3. The second kappa shape index (κ2) is 2.97. The molecule has 0 aromatic heterocycles. The van der Waals surface area contributed by atoms with Gasteiger partial charge in [-0.2, -0.15) is 0 Å². The molecule has 1 unspecified atom stereocenters. The molecule has 4 nitrogen and oxygen atoms in total. The molecular weight excluding hydrogens is 236 g/mol. The summed E-state index contributed by atoms with van der Waals surface area (Å²) in [4.78, 5) is 5.10. The molecule has 0 amide bonds. The Balaban J connectivity index is 2.08. The Morgan fingerprint density at radius 2 is 2.24 bits per heavy atom. The highest BCUT2D eigenvalue weighted by molar-refractivity contribution is 7.93. The zero-order valence-electron chi connectivity index (χ0n) is 9.23. The molecule has 2 heterocycles. The third kappa shape index (κ3) is 1.16. The lowest BCUT2D eigenvalue weighted by atomic mass is 9.85. The Morgan fingerprint density at radius 3 is 3.12 bits per heavy atom. The molecule has 2 aliphatic carbocycles. The fraction of sp³-hybridized carbons (Fsp3) is 0.417. The van der Waals surface area contributed by atoms with Crippen molar-refractivity contribution >= 4 is 15.7 Å². The fourth-order valence-corrected chi connectivity index (χ4v) is 4.71. The summed E-state index contributed by atoms with van der Waals surface area (Å²) in [6.07, 6.45) is 6.39. The van der Waals surface area contributed by atoms with E-state index < -0.39 is 10.0 Å². The summed E-state index contributed by atoms with van der Waals surface area (Å²) in [6, 6.07) is -0.155. The average molecular weight is 248 g/mol. The highest BCUT2D eigenvalue weighted by atomic mass is 32.2. The molecule has 0 aromatic carbocycles. The van der Waals surface area contributed by atoms with Gasteiger partial charge in [-0.05, 0) is 30.4 Å². The molecule has 0 saturated heterocycles. The first-order valence-electron chi connectivity index (χ1n) is 5.87. The van der Waals surface area contributed by atoms with Crippen molar-refractivity contribution < 1.29 is 8.42 Å². The number of allylic oxidation sites excluding steroid dienone is 1. The second-order valence-electron chi connectivity index (χ2n) is 4.81. The second-order valence-corrected chi connectivity index (χ2v) is 6.55. The van der Waals surface area contributed by atoms with E-state index in [1.54, 1.807) is 0 Å². The number of hydrogen-bond donors (Lipinski definition) is 1. The Kier molecular flexibility index (Phi) is 1.71. The normalized spacial score (nSPS) is 32.7. The molecule has 1 atom stereocenters. The van der Waals surface area contributed by atoms with Crippen LogP contribution < -0.4 is 4.72 Å². The fourth-order valence-electron chi connectivity index (χ4n) is 3.13. The number of nitrogens with one attached hydrogen (secondary N) is 1. The molecule has 2 aliphatic heterocycles. The van der Waals surface area contributed by atoms with Gasteiger partial charge in [0.15, 0.2) is 0 Å². The van der Waals surface area contributed by atoms with Crippen LogP contribution in [0.15, 0.2) is 38.8 Å². The van der Waals surface area contributed by atoms with Gasteiger partial charge in [0.1, 0.15) is 0 Å². The van der Waals surface area contributed by atoms with E-state index in [2.05, 4.69) is 9.71 Å². The maximum Gasteiger partial charge on any atom is 0.238 e. The molecule has 4 rings (SSSR count). The molecule has 88 valence electrons. The lowest BCUT2D eigenvalue weighted by Crippen LogP contribution is -2.43. The van der Waals surface area contributed by atoms with E-state index in [0.29, 0.717) is 17.9 Å². The van der Waals surface area contributed by atoms with Gasteiger partial charge in [0.2, 0.25) is 10.0 Å². The summed E-state index contributed by atoms with van der Waals surface area (Å²) < 4.78 is 27.1. The molecule has 0 aromatic rings. The van der Waals surface area contributed by atoms with Crippen LogP contribution in [0.2, 0.25) is 0 Å². The highest BCUT2D eigenvalue weighted by Gasteiger charge is 2.41.